The van der Waals surface area contributed by atoms with Gasteiger partial charge in [-0.15, -0.1) is 0 Å². The molecule has 2 heteroatoms. The van der Waals surface area contributed by atoms with Gasteiger partial charge in [-0.05, 0) is 24.6 Å². The lowest BCUT2D eigenvalue weighted by molar-refractivity contribution is 0.286. The first kappa shape index (κ1) is 7.05. The highest BCUT2D eigenvalue weighted by Crippen LogP contribution is 1.89. The molecule has 0 saturated carbocycles. The highest BCUT2D eigenvalue weighted by atomic mass is 32.1. The van der Waals surface area contributed by atoms with E-state index in [2.05, 4.69) is 12.2 Å². The van der Waals surface area contributed by atoms with Crippen molar-refractivity contribution in [3.63, 3.8) is 0 Å². The van der Waals surface area contributed by atoms with Gasteiger partial charge in [-0.1, -0.05) is 12.2 Å². The first-order valence-electron chi connectivity index (χ1n) is 2.46. The quantitative estimate of drug-likeness (QED) is 0.441. The second-order valence-electron chi connectivity index (χ2n) is 1.39. The third-order valence-electron chi connectivity index (χ3n) is 0.730. The number of unbranched alkanes of at least 4 members (excludes halogenated alkanes) is 2. The van der Waals surface area contributed by atoms with Gasteiger partial charge in [-0.25, -0.2) is 0 Å². The van der Waals surface area contributed by atoms with E-state index in [1.165, 1.54) is 0 Å². The van der Waals surface area contributed by atoms with Gasteiger partial charge in [0.1, 0.15) is 0 Å². The molecule has 1 N–H and O–H groups in total. The molecule has 0 saturated heterocycles. The summed E-state index contributed by atoms with van der Waals surface area (Å²) in [6.07, 6.45) is 2.86. The summed E-state index contributed by atoms with van der Waals surface area (Å²) in [6, 6.07) is 0. The molecule has 0 rings (SSSR count). The molecular formula is C5H10OS. The molecule has 42 valence electrons. The molecule has 0 aromatic heterocycles. The van der Waals surface area contributed by atoms with Crippen molar-refractivity contribution >= 4 is 17.6 Å². The van der Waals surface area contributed by atoms with E-state index in [0.29, 0.717) is 6.61 Å². The van der Waals surface area contributed by atoms with Crippen molar-refractivity contribution in [2.24, 2.45) is 0 Å². The minimum Gasteiger partial charge on any atom is -0.396 e. The Hall–Kier alpha value is 0.0500. The molecule has 0 heterocycles. The third kappa shape index (κ3) is 6.05. The van der Waals surface area contributed by atoms with E-state index in [9.17, 15) is 0 Å². The van der Waals surface area contributed by atoms with Crippen molar-refractivity contribution in [1.29, 1.82) is 0 Å². The maximum atomic E-state index is 8.24. The maximum Gasteiger partial charge on any atom is 0.0431 e. The number of aliphatic hydroxyl groups is 1. The zero-order chi connectivity index (χ0) is 5.54. The number of rotatable bonds is 4. The highest BCUT2D eigenvalue weighted by molar-refractivity contribution is 7.78. The van der Waals surface area contributed by atoms with Crippen LogP contribution in [0, 0.1) is 0 Å². The molecule has 7 heavy (non-hydrogen) atoms. The number of aliphatic hydroxyl groups excluding tert-OH is 1. The Labute approximate surface area is 49.4 Å². The van der Waals surface area contributed by atoms with Crippen molar-refractivity contribution in [2.75, 3.05) is 6.61 Å². The summed E-state index contributed by atoms with van der Waals surface area (Å²) in [5, 5.41) is 9.95. The number of thiocarbonyl (C=S) groups is 1. The Morgan fingerprint density at radius 3 is 2.57 bits per heavy atom. The summed E-state index contributed by atoms with van der Waals surface area (Å²) in [7, 11) is 0. The van der Waals surface area contributed by atoms with E-state index in [-0.39, 0.29) is 0 Å². The lowest BCUT2D eigenvalue weighted by atomic mass is 10.3. The van der Waals surface area contributed by atoms with Crippen molar-refractivity contribution in [1.82, 2.24) is 0 Å². The Morgan fingerprint density at radius 1 is 1.43 bits per heavy atom. The van der Waals surface area contributed by atoms with E-state index in [1.54, 1.807) is 5.37 Å². The minimum atomic E-state index is 0.295. The van der Waals surface area contributed by atoms with Gasteiger partial charge in [-0.3, -0.25) is 0 Å². The van der Waals surface area contributed by atoms with Crippen molar-refractivity contribution in [3.05, 3.63) is 0 Å². The predicted octanol–water partition coefficient (Wildman–Crippen LogP) is 1.15. The summed E-state index contributed by atoms with van der Waals surface area (Å²) in [6.45, 7) is 0.295. The standard InChI is InChI=1S/C5H10OS/c6-4-2-1-3-5-7/h5-6H,1-4H2. The Balaban J connectivity index is 2.56. The molecule has 0 radical (unpaired) electrons. The van der Waals surface area contributed by atoms with E-state index >= 15 is 0 Å². The molecule has 1 nitrogen and oxygen atoms in total. The zero-order valence-electron chi connectivity index (χ0n) is 4.26. The monoisotopic (exact) mass is 118 g/mol. The fourth-order valence-corrected chi connectivity index (χ4v) is 0.506. The fraction of sp³-hybridized carbons (Fsp3) is 0.800. The molecule has 0 unspecified atom stereocenters. The summed E-state index contributed by atoms with van der Waals surface area (Å²) in [4.78, 5) is 0. The van der Waals surface area contributed by atoms with Gasteiger partial charge in [0.2, 0.25) is 0 Å². The van der Waals surface area contributed by atoms with Crippen LogP contribution in [0.1, 0.15) is 19.3 Å². The first-order valence-corrected chi connectivity index (χ1v) is 2.93. The zero-order valence-corrected chi connectivity index (χ0v) is 5.08. The Kier molecular flexibility index (Phi) is 6.09. The molecule has 0 fully saturated rings. The van der Waals surface area contributed by atoms with E-state index in [1.807, 2.05) is 0 Å². The van der Waals surface area contributed by atoms with Gasteiger partial charge in [0.25, 0.3) is 0 Å². The SMILES string of the molecule is OCCCCC=S. The van der Waals surface area contributed by atoms with Gasteiger partial charge in [0.05, 0.1) is 0 Å². The van der Waals surface area contributed by atoms with Crippen LogP contribution in [-0.2, 0) is 0 Å². The molecule has 0 atom stereocenters. The molecule has 0 amide bonds. The lowest BCUT2D eigenvalue weighted by Crippen LogP contribution is -1.81. The van der Waals surface area contributed by atoms with Gasteiger partial charge >= 0.3 is 0 Å². The van der Waals surface area contributed by atoms with Gasteiger partial charge in [-0.2, -0.15) is 0 Å². The number of hydrogen-bond acceptors (Lipinski definition) is 2. The molecule has 0 aromatic carbocycles. The summed E-state index contributed by atoms with van der Waals surface area (Å²) < 4.78 is 0. The average Bonchev–Trinajstić information content (AvgIpc) is 1.69. The minimum absolute atomic E-state index is 0.295. The smallest absolute Gasteiger partial charge is 0.0431 e. The van der Waals surface area contributed by atoms with Crippen LogP contribution in [0.5, 0.6) is 0 Å². The van der Waals surface area contributed by atoms with Crippen LogP contribution >= 0.6 is 12.2 Å². The second kappa shape index (κ2) is 6.05. The lowest BCUT2D eigenvalue weighted by Gasteiger charge is -1.86. The summed E-state index contributed by atoms with van der Waals surface area (Å²) in [5.74, 6) is 0. The molecule has 0 aliphatic heterocycles. The number of hydrogen-bond donors (Lipinski definition) is 1. The van der Waals surface area contributed by atoms with Crippen LogP contribution in [0.15, 0.2) is 0 Å². The van der Waals surface area contributed by atoms with Crippen molar-refractivity contribution < 1.29 is 5.11 Å². The normalized spacial score (nSPS) is 8.71. The van der Waals surface area contributed by atoms with E-state index in [4.69, 9.17) is 5.11 Å². The average molecular weight is 118 g/mol. The van der Waals surface area contributed by atoms with Crippen LogP contribution in [0.3, 0.4) is 0 Å². The van der Waals surface area contributed by atoms with Crippen LogP contribution in [0.25, 0.3) is 0 Å². The molecule has 0 bridgehead atoms. The molecule has 0 spiro atoms. The van der Waals surface area contributed by atoms with E-state index < -0.39 is 0 Å². The molecule has 0 aliphatic rings. The Morgan fingerprint density at radius 2 is 2.14 bits per heavy atom. The van der Waals surface area contributed by atoms with Crippen LogP contribution in [-0.4, -0.2) is 17.1 Å². The molecule has 0 aliphatic carbocycles. The van der Waals surface area contributed by atoms with E-state index in [0.717, 1.165) is 19.3 Å². The third-order valence-corrected chi connectivity index (χ3v) is 0.966. The topological polar surface area (TPSA) is 20.2 Å². The molecule has 0 aromatic rings. The highest BCUT2D eigenvalue weighted by Gasteiger charge is 1.79. The molecular weight excluding hydrogens is 108 g/mol. The maximum absolute atomic E-state index is 8.24. The first-order chi connectivity index (χ1) is 3.41. The second-order valence-corrected chi connectivity index (χ2v) is 1.72. The summed E-state index contributed by atoms with van der Waals surface area (Å²) in [5.41, 5.74) is 0. The van der Waals surface area contributed by atoms with Crippen LogP contribution < -0.4 is 0 Å². The van der Waals surface area contributed by atoms with Crippen molar-refractivity contribution in [2.45, 2.75) is 19.3 Å². The van der Waals surface area contributed by atoms with Crippen LogP contribution in [0.4, 0.5) is 0 Å². The van der Waals surface area contributed by atoms with Gasteiger partial charge < -0.3 is 5.11 Å². The van der Waals surface area contributed by atoms with Gasteiger partial charge in [0, 0.05) is 6.61 Å². The van der Waals surface area contributed by atoms with Crippen molar-refractivity contribution in [3.8, 4) is 0 Å². The van der Waals surface area contributed by atoms with Crippen LogP contribution in [0.2, 0.25) is 0 Å². The Bertz CT molecular complexity index is 45.3. The summed E-state index contributed by atoms with van der Waals surface area (Å²) >= 11 is 4.56. The predicted molar refractivity (Wildman–Crippen MR) is 34.6 cm³/mol. The van der Waals surface area contributed by atoms with Gasteiger partial charge in [0.15, 0.2) is 0 Å². The largest absolute Gasteiger partial charge is 0.396 e. The fourth-order valence-electron chi connectivity index (χ4n) is 0.339.